The molecule has 1 aliphatic rings. The minimum absolute atomic E-state index is 0.0131. The van der Waals surface area contributed by atoms with E-state index in [0.29, 0.717) is 0 Å². The molecule has 1 heterocycles. The SMILES string of the molecule is CC(C)(C)[C@H](N)C(=O)N1C[C@H](F)C[C@@H]1C#N. The molecular formula is C11H18FN3O. The molecule has 0 unspecified atom stereocenters. The lowest BCUT2D eigenvalue weighted by atomic mass is 9.86. The van der Waals surface area contributed by atoms with Gasteiger partial charge in [-0.15, -0.1) is 0 Å². The van der Waals surface area contributed by atoms with E-state index in [9.17, 15) is 9.18 Å². The van der Waals surface area contributed by atoms with Gasteiger partial charge in [0.2, 0.25) is 5.91 Å². The van der Waals surface area contributed by atoms with Crippen LogP contribution in [0.2, 0.25) is 0 Å². The monoisotopic (exact) mass is 227 g/mol. The van der Waals surface area contributed by atoms with Crippen LogP contribution in [0.3, 0.4) is 0 Å². The molecule has 0 saturated carbocycles. The molecule has 16 heavy (non-hydrogen) atoms. The Morgan fingerprint density at radius 1 is 1.62 bits per heavy atom. The molecule has 1 fully saturated rings. The van der Waals surface area contributed by atoms with Gasteiger partial charge < -0.3 is 10.6 Å². The third-order valence-corrected chi connectivity index (χ3v) is 2.88. The molecule has 1 rings (SSSR count). The van der Waals surface area contributed by atoms with E-state index in [4.69, 9.17) is 11.0 Å². The highest BCUT2D eigenvalue weighted by Crippen LogP contribution is 2.25. The van der Waals surface area contributed by atoms with Crippen LogP contribution in [-0.2, 0) is 4.79 Å². The van der Waals surface area contributed by atoms with Gasteiger partial charge in [-0.05, 0) is 5.41 Å². The molecule has 1 aliphatic heterocycles. The number of alkyl halides is 1. The van der Waals surface area contributed by atoms with Crippen LogP contribution in [0.15, 0.2) is 0 Å². The van der Waals surface area contributed by atoms with Crippen molar-refractivity contribution in [3.05, 3.63) is 0 Å². The summed E-state index contributed by atoms with van der Waals surface area (Å²) in [6.45, 7) is 5.53. The molecule has 4 nitrogen and oxygen atoms in total. The second-order valence-electron chi connectivity index (χ2n) is 5.31. The maximum absolute atomic E-state index is 13.1. The minimum atomic E-state index is -1.11. The van der Waals surface area contributed by atoms with Crippen LogP contribution in [0.1, 0.15) is 27.2 Å². The molecule has 0 radical (unpaired) electrons. The number of nitriles is 1. The van der Waals surface area contributed by atoms with Crippen molar-refractivity contribution in [1.82, 2.24) is 4.90 Å². The highest BCUT2D eigenvalue weighted by atomic mass is 19.1. The summed E-state index contributed by atoms with van der Waals surface area (Å²) in [6, 6.07) is 0.570. The number of nitrogens with zero attached hydrogens (tertiary/aromatic N) is 2. The predicted molar refractivity (Wildman–Crippen MR) is 58.1 cm³/mol. The van der Waals surface area contributed by atoms with Crippen molar-refractivity contribution in [3.8, 4) is 6.07 Å². The Hall–Kier alpha value is -1.15. The van der Waals surface area contributed by atoms with Crippen molar-refractivity contribution in [2.24, 2.45) is 11.1 Å². The number of hydrogen-bond acceptors (Lipinski definition) is 3. The van der Waals surface area contributed by atoms with Gasteiger partial charge in [-0.3, -0.25) is 4.79 Å². The number of nitrogens with two attached hydrogens (primary N) is 1. The smallest absolute Gasteiger partial charge is 0.241 e. The van der Waals surface area contributed by atoms with Crippen LogP contribution in [0.25, 0.3) is 0 Å². The molecule has 1 amide bonds. The molecule has 2 N–H and O–H groups in total. The standard InChI is InChI=1S/C11H18FN3O/c1-11(2,3)9(14)10(16)15-6-7(12)4-8(15)5-13/h7-9H,4,6,14H2,1-3H3/t7-,8-,9-/m1/s1. The Bertz CT molecular complexity index is 318. The summed E-state index contributed by atoms with van der Waals surface area (Å²) in [5, 5.41) is 8.84. The first-order valence-electron chi connectivity index (χ1n) is 5.37. The van der Waals surface area contributed by atoms with Crippen LogP contribution in [-0.4, -0.2) is 35.6 Å². The van der Waals surface area contributed by atoms with Crippen LogP contribution in [0, 0.1) is 16.7 Å². The van der Waals surface area contributed by atoms with Gasteiger partial charge >= 0.3 is 0 Å². The molecule has 0 aromatic heterocycles. The van der Waals surface area contributed by atoms with E-state index in [1.54, 1.807) is 0 Å². The lowest BCUT2D eigenvalue weighted by Gasteiger charge is -2.30. The van der Waals surface area contributed by atoms with Crippen LogP contribution in [0.5, 0.6) is 0 Å². The zero-order chi connectivity index (χ0) is 12.5. The van der Waals surface area contributed by atoms with E-state index in [1.807, 2.05) is 26.8 Å². The van der Waals surface area contributed by atoms with E-state index in [0.717, 1.165) is 0 Å². The van der Waals surface area contributed by atoms with Gasteiger partial charge in [-0.25, -0.2) is 4.39 Å². The molecule has 5 heteroatoms. The number of halogens is 1. The van der Waals surface area contributed by atoms with Crippen molar-refractivity contribution < 1.29 is 9.18 Å². The molecule has 3 atom stereocenters. The maximum atomic E-state index is 13.1. The van der Waals surface area contributed by atoms with Gasteiger partial charge in [-0.1, -0.05) is 20.8 Å². The number of amides is 1. The van der Waals surface area contributed by atoms with Crippen molar-refractivity contribution >= 4 is 5.91 Å². The fraction of sp³-hybridized carbons (Fsp3) is 0.818. The van der Waals surface area contributed by atoms with Crippen molar-refractivity contribution in [2.45, 2.75) is 45.4 Å². The van der Waals surface area contributed by atoms with Gasteiger partial charge in [0.15, 0.2) is 0 Å². The fourth-order valence-corrected chi connectivity index (χ4v) is 1.70. The molecule has 0 aromatic rings. The first-order chi connectivity index (χ1) is 7.27. The first-order valence-corrected chi connectivity index (χ1v) is 5.37. The third-order valence-electron chi connectivity index (χ3n) is 2.88. The van der Waals surface area contributed by atoms with Crippen molar-refractivity contribution in [2.75, 3.05) is 6.54 Å². The summed E-state index contributed by atoms with van der Waals surface area (Å²) >= 11 is 0. The van der Waals surface area contributed by atoms with Gasteiger partial charge in [0.25, 0.3) is 0 Å². The molecule has 1 saturated heterocycles. The number of carbonyl (C=O) groups excluding carboxylic acids is 1. The Labute approximate surface area is 95.2 Å². The second kappa shape index (κ2) is 4.38. The zero-order valence-electron chi connectivity index (χ0n) is 9.90. The molecule has 0 aromatic carbocycles. The van der Waals surface area contributed by atoms with E-state index in [2.05, 4.69) is 0 Å². The number of likely N-dealkylation sites (tertiary alicyclic amines) is 1. The maximum Gasteiger partial charge on any atom is 0.241 e. The van der Waals surface area contributed by atoms with Gasteiger partial charge in [0, 0.05) is 6.42 Å². The molecule has 0 aliphatic carbocycles. The fourth-order valence-electron chi connectivity index (χ4n) is 1.70. The van der Waals surface area contributed by atoms with Gasteiger partial charge in [0.05, 0.1) is 18.7 Å². The quantitative estimate of drug-likeness (QED) is 0.721. The topological polar surface area (TPSA) is 70.1 Å². The Kier molecular flexibility index (Phi) is 3.54. The predicted octanol–water partition coefficient (Wildman–Crippen LogP) is 0.822. The highest BCUT2D eigenvalue weighted by Gasteiger charge is 2.40. The second-order valence-corrected chi connectivity index (χ2v) is 5.31. The summed E-state index contributed by atoms with van der Waals surface area (Å²) < 4.78 is 13.1. The summed E-state index contributed by atoms with van der Waals surface area (Å²) in [5.74, 6) is -0.334. The average molecular weight is 227 g/mol. The first kappa shape index (κ1) is 12.9. The lowest BCUT2D eigenvalue weighted by molar-refractivity contribution is -0.135. The molecular weight excluding hydrogens is 209 g/mol. The molecule has 0 bridgehead atoms. The van der Waals surface area contributed by atoms with Crippen LogP contribution in [0.4, 0.5) is 4.39 Å². The lowest BCUT2D eigenvalue weighted by Crippen LogP contribution is -2.51. The summed E-state index contributed by atoms with van der Waals surface area (Å²) in [4.78, 5) is 13.3. The van der Waals surface area contributed by atoms with Crippen LogP contribution >= 0.6 is 0 Å². The highest BCUT2D eigenvalue weighted by molar-refractivity contribution is 5.83. The summed E-state index contributed by atoms with van der Waals surface area (Å²) in [5.41, 5.74) is 5.43. The molecule has 0 spiro atoms. The van der Waals surface area contributed by atoms with Crippen LogP contribution < -0.4 is 5.73 Å². The largest absolute Gasteiger partial charge is 0.322 e. The number of rotatable bonds is 1. The number of hydrogen-bond donors (Lipinski definition) is 1. The summed E-state index contributed by atoms with van der Waals surface area (Å²) in [7, 11) is 0. The van der Waals surface area contributed by atoms with E-state index >= 15 is 0 Å². The zero-order valence-corrected chi connectivity index (χ0v) is 9.90. The molecule has 90 valence electrons. The van der Waals surface area contributed by atoms with Gasteiger partial charge in [0.1, 0.15) is 12.2 Å². The summed E-state index contributed by atoms with van der Waals surface area (Å²) in [6.07, 6.45) is -1.01. The van der Waals surface area contributed by atoms with E-state index in [1.165, 1.54) is 4.90 Å². The number of carbonyl (C=O) groups is 1. The van der Waals surface area contributed by atoms with E-state index < -0.39 is 18.3 Å². The Balaban J connectivity index is 2.79. The van der Waals surface area contributed by atoms with Crippen molar-refractivity contribution in [3.63, 3.8) is 0 Å². The normalized spacial score (nSPS) is 27.6. The minimum Gasteiger partial charge on any atom is -0.322 e. The third kappa shape index (κ3) is 2.50. The average Bonchev–Trinajstić information content (AvgIpc) is 2.55. The Morgan fingerprint density at radius 3 is 2.62 bits per heavy atom. The van der Waals surface area contributed by atoms with Gasteiger partial charge in [-0.2, -0.15) is 5.26 Å². The Morgan fingerprint density at radius 2 is 2.19 bits per heavy atom. The van der Waals surface area contributed by atoms with E-state index in [-0.39, 0.29) is 24.3 Å². The van der Waals surface area contributed by atoms with Crippen molar-refractivity contribution in [1.29, 1.82) is 5.26 Å².